The molecule has 0 radical (unpaired) electrons. The maximum absolute atomic E-state index is 13.6. The SMILES string of the molecule is CC(=O)Nc1ccc(-c2nc3c(C(=O)N4CCN(C(c5ccccc5)c5nnn(C)n5)CC4)nccc3o2)cc1. The second kappa shape index (κ2) is 10.7. The number of fused-ring (bicyclic) bond motifs is 1. The summed E-state index contributed by atoms with van der Waals surface area (Å²) in [6.45, 7) is 3.73. The molecule has 12 heteroatoms. The van der Waals surface area contributed by atoms with Gasteiger partial charge in [0.05, 0.1) is 13.1 Å². The van der Waals surface area contributed by atoms with Crippen molar-refractivity contribution in [3.8, 4) is 11.5 Å². The molecule has 1 aliphatic rings. The van der Waals surface area contributed by atoms with E-state index in [2.05, 4.69) is 47.7 Å². The third-order valence-corrected chi connectivity index (χ3v) is 6.81. The molecule has 6 rings (SSSR count). The fourth-order valence-corrected chi connectivity index (χ4v) is 4.93. The molecule has 12 nitrogen and oxygen atoms in total. The topological polar surface area (TPSA) is 135 Å². The Kier molecular flexibility index (Phi) is 6.74. The standard InChI is InChI=1S/C28H27N9O3/c1-18(38)30-21-10-8-20(9-11-21)27-31-23-22(40-27)12-13-29-24(23)28(39)37-16-14-36(15-17-37)25(19-6-4-3-5-7-19)26-32-34-35(2)33-26/h3-13,25H,14-17H2,1-2H3,(H,30,38). The summed E-state index contributed by atoms with van der Waals surface area (Å²) >= 11 is 0. The van der Waals surface area contributed by atoms with Crippen molar-refractivity contribution in [3.63, 3.8) is 0 Å². The number of nitrogens with zero attached hydrogens (tertiary/aromatic N) is 8. The minimum absolute atomic E-state index is 0.148. The number of piperazine rings is 1. The minimum Gasteiger partial charge on any atom is -0.436 e. The van der Waals surface area contributed by atoms with Gasteiger partial charge >= 0.3 is 0 Å². The molecule has 3 aromatic heterocycles. The fourth-order valence-electron chi connectivity index (χ4n) is 4.93. The summed E-state index contributed by atoms with van der Waals surface area (Å²) < 4.78 is 5.96. The summed E-state index contributed by atoms with van der Waals surface area (Å²) in [5, 5.41) is 15.5. The van der Waals surface area contributed by atoms with Crippen molar-refractivity contribution < 1.29 is 14.0 Å². The average Bonchev–Trinajstić information content (AvgIpc) is 3.60. The molecule has 1 aliphatic heterocycles. The Morgan fingerprint density at radius 3 is 2.40 bits per heavy atom. The zero-order valence-electron chi connectivity index (χ0n) is 22.1. The normalized spacial score (nSPS) is 14.8. The van der Waals surface area contributed by atoms with Crippen LogP contribution in [0.5, 0.6) is 0 Å². The monoisotopic (exact) mass is 537 g/mol. The largest absolute Gasteiger partial charge is 0.436 e. The van der Waals surface area contributed by atoms with Gasteiger partial charge in [-0.3, -0.25) is 14.5 Å². The van der Waals surface area contributed by atoms with Crippen molar-refractivity contribution in [3.05, 3.63) is 83.9 Å². The van der Waals surface area contributed by atoms with Crippen molar-refractivity contribution >= 4 is 28.6 Å². The molecular weight excluding hydrogens is 510 g/mol. The number of amides is 2. The number of rotatable bonds is 6. The summed E-state index contributed by atoms with van der Waals surface area (Å²) in [6, 6.07) is 18.8. The lowest BCUT2D eigenvalue weighted by atomic mass is 10.0. The van der Waals surface area contributed by atoms with Crippen molar-refractivity contribution in [2.24, 2.45) is 7.05 Å². The number of nitrogens with one attached hydrogen (secondary N) is 1. The molecule has 1 unspecified atom stereocenters. The number of anilines is 1. The van der Waals surface area contributed by atoms with E-state index in [1.807, 2.05) is 18.2 Å². The van der Waals surface area contributed by atoms with Crippen LogP contribution in [0.25, 0.3) is 22.6 Å². The van der Waals surface area contributed by atoms with Gasteiger partial charge in [0.15, 0.2) is 17.1 Å². The Bertz CT molecular complexity index is 1660. The second-order valence-electron chi connectivity index (χ2n) is 9.56. The molecule has 0 bridgehead atoms. The van der Waals surface area contributed by atoms with Crippen LogP contribution in [0, 0.1) is 0 Å². The first kappa shape index (κ1) is 25.3. The van der Waals surface area contributed by atoms with Gasteiger partial charge in [-0.1, -0.05) is 30.3 Å². The summed E-state index contributed by atoms with van der Waals surface area (Å²) in [7, 11) is 1.75. The van der Waals surface area contributed by atoms with Crippen LogP contribution in [0.1, 0.15) is 34.8 Å². The quantitative estimate of drug-likeness (QED) is 0.347. The third kappa shape index (κ3) is 5.04. The Morgan fingerprint density at radius 2 is 1.73 bits per heavy atom. The molecule has 1 N–H and O–H groups in total. The number of aromatic nitrogens is 6. The molecule has 4 heterocycles. The van der Waals surface area contributed by atoms with Gasteiger partial charge in [0.1, 0.15) is 5.52 Å². The summed E-state index contributed by atoms with van der Waals surface area (Å²) in [6.07, 6.45) is 1.56. The van der Waals surface area contributed by atoms with Gasteiger partial charge in [0, 0.05) is 56.6 Å². The van der Waals surface area contributed by atoms with E-state index in [1.54, 1.807) is 48.5 Å². The van der Waals surface area contributed by atoms with Crippen molar-refractivity contribution in [1.82, 2.24) is 40.0 Å². The van der Waals surface area contributed by atoms with Crippen molar-refractivity contribution in [2.75, 3.05) is 31.5 Å². The van der Waals surface area contributed by atoms with Crippen LogP contribution < -0.4 is 5.32 Å². The summed E-state index contributed by atoms with van der Waals surface area (Å²) in [5.41, 5.74) is 3.63. The lowest BCUT2D eigenvalue weighted by Gasteiger charge is -2.38. The number of hydrogen-bond acceptors (Lipinski definition) is 9. The maximum atomic E-state index is 13.6. The van der Waals surface area contributed by atoms with Crippen LogP contribution in [-0.4, -0.2) is 78.0 Å². The van der Waals surface area contributed by atoms with E-state index >= 15 is 0 Å². The number of carbonyl (C=O) groups is 2. The fraction of sp³-hybridized carbons (Fsp3) is 0.250. The highest BCUT2D eigenvalue weighted by atomic mass is 16.3. The molecule has 202 valence electrons. The smallest absolute Gasteiger partial charge is 0.274 e. The summed E-state index contributed by atoms with van der Waals surface area (Å²) in [5.74, 6) is 0.657. The van der Waals surface area contributed by atoms with Crippen LogP contribution in [-0.2, 0) is 11.8 Å². The zero-order valence-corrected chi connectivity index (χ0v) is 22.1. The molecule has 1 atom stereocenters. The van der Waals surface area contributed by atoms with E-state index < -0.39 is 0 Å². The van der Waals surface area contributed by atoms with Crippen LogP contribution in [0.2, 0.25) is 0 Å². The molecule has 1 fully saturated rings. The number of aryl methyl sites for hydroxylation is 1. The van der Waals surface area contributed by atoms with Crippen molar-refractivity contribution in [1.29, 1.82) is 0 Å². The highest BCUT2D eigenvalue weighted by Crippen LogP contribution is 2.29. The Hall–Kier alpha value is -4.97. The van der Waals surface area contributed by atoms with Crippen LogP contribution in [0.15, 0.2) is 71.3 Å². The van der Waals surface area contributed by atoms with Gasteiger partial charge < -0.3 is 14.6 Å². The van der Waals surface area contributed by atoms with Gasteiger partial charge in [-0.15, -0.1) is 10.2 Å². The van der Waals surface area contributed by atoms with E-state index in [4.69, 9.17) is 4.42 Å². The third-order valence-electron chi connectivity index (χ3n) is 6.81. The van der Waals surface area contributed by atoms with Gasteiger partial charge in [-0.05, 0) is 35.0 Å². The van der Waals surface area contributed by atoms with Crippen LogP contribution in [0.3, 0.4) is 0 Å². The first-order valence-corrected chi connectivity index (χ1v) is 12.9. The summed E-state index contributed by atoms with van der Waals surface area (Å²) in [4.78, 5) is 39.4. The lowest BCUT2D eigenvalue weighted by molar-refractivity contribution is -0.114. The molecule has 0 aliphatic carbocycles. The van der Waals surface area contributed by atoms with E-state index in [0.717, 1.165) is 11.1 Å². The number of pyridine rings is 1. The van der Waals surface area contributed by atoms with Crippen LogP contribution >= 0.6 is 0 Å². The Morgan fingerprint density at radius 1 is 0.975 bits per heavy atom. The highest BCUT2D eigenvalue weighted by Gasteiger charge is 2.32. The Balaban J connectivity index is 1.20. The van der Waals surface area contributed by atoms with E-state index in [-0.39, 0.29) is 23.6 Å². The molecular formula is C28H27N9O3. The second-order valence-corrected chi connectivity index (χ2v) is 9.56. The molecule has 1 saturated heterocycles. The van der Waals surface area contributed by atoms with E-state index in [9.17, 15) is 9.59 Å². The number of hydrogen-bond donors (Lipinski definition) is 1. The average molecular weight is 538 g/mol. The first-order valence-electron chi connectivity index (χ1n) is 12.9. The predicted molar refractivity (Wildman–Crippen MR) is 146 cm³/mol. The highest BCUT2D eigenvalue weighted by molar-refractivity contribution is 6.03. The molecule has 0 spiro atoms. The molecule has 5 aromatic rings. The van der Waals surface area contributed by atoms with E-state index in [1.165, 1.54) is 11.7 Å². The minimum atomic E-state index is -0.194. The van der Waals surface area contributed by atoms with Gasteiger partial charge in [-0.2, -0.15) is 4.80 Å². The first-order chi connectivity index (χ1) is 19.5. The molecule has 0 saturated carbocycles. The number of carbonyl (C=O) groups excluding carboxylic acids is 2. The predicted octanol–water partition coefficient (Wildman–Crippen LogP) is 2.92. The molecule has 40 heavy (non-hydrogen) atoms. The van der Waals surface area contributed by atoms with Crippen LogP contribution in [0.4, 0.5) is 5.69 Å². The number of tetrazole rings is 1. The maximum Gasteiger partial charge on any atom is 0.274 e. The lowest BCUT2D eigenvalue weighted by Crippen LogP contribution is -2.50. The Labute approximate surface area is 229 Å². The van der Waals surface area contributed by atoms with Gasteiger partial charge in [0.2, 0.25) is 11.8 Å². The zero-order chi connectivity index (χ0) is 27.6. The number of benzene rings is 2. The molecule has 2 aromatic carbocycles. The van der Waals surface area contributed by atoms with Gasteiger partial charge in [0.25, 0.3) is 5.91 Å². The number of oxazole rings is 1. The van der Waals surface area contributed by atoms with E-state index in [0.29, 0.717) is 54.7 Å². The van der Waals surface area contributed by atoms with Gasteiger partial charge in [-0.25, -0.2) is 9.97 Å². The molecule has 2 amide bonds. The van der Waals surface area contributed by atoms with Crippen molar-refractivity contribution in [2.45, 2.75) is 13.0 Å².